The van der Waals surface area contributed by atoms with Gasteiger partial charge in [-0.3, -0.25) is 0 Å². The normalized spacial score (nSPS) is 34.2. The van der Waals surface area contributed by atoms with Gasteiger partial charge in [0, 0.05) is 8.99 Å². The largest absolute Gasteiger partial charge is 0.458 e. The topological polar surface area (TPSA) is 26.3 Å². The summed E-state index contributed by atoms with van der Waals surface area (Å²) in [4.78, 5) is 12.3. The van der Waals surface area contributed by atoms with Gasteiger partial charge in [0.1, 0.15) is 6.10 Å². The number of hydrogen-bond donors (Lipinski definition) is 0. The van der Waals surface area contributed by atoms with E-state index in [4.69, 9.17) is 4.74 Å². The van der Waals surface area contributed by atoms with Crippen molar-refractivity contribution in [3.8, 4) is 0 Å². The van der Waals surface area contributed by atoms with Gasteiger partial charge in [-0.15, -0.1) is 0 Å². The van der Waals surface area contributed by atoms with Crippen molar-refractivity contribution in [1.29, 1.82) is 0 Å². The summed E-state index contributed by atoms with van der Waals surface area (Å²) in [6, 6.07) is 7.60. The highest BCUT2D eigenvalue weighted by Gasteiger charge is 2.62. The van der Waals surface area contributed by atoms with E-state index in [9.17, 15) is 4.79 Å². The zero-order chi connectivity index (χ0) is 14.5. The summed E-state index contributed by atoms with van der Waals surface area (Å²) in [6.07, 6.45) is 3.55. The Balaban J connectivity index is 1.76. The third-order valence-corrected chi connectivity index (χ3v) is 6.76. The van der Waals surface area contributed by atoms with Crippen molar-refractivity contribution in [2.45, 2.75) is 46.1 Å². The fourth-order valence-electron chi connectivity index (χ4n) is 4.09. The van der Waals surface area contributed by atoms with Gasteiger partial charge in [-0.1, -0.05) is 20.8 Å². The van der Waals surface area contributed by atoms with E-state index in [2.05, 4.69) is 43.4 Å². The minimum atomic E-state index is -0.170. The Labute approximate surface area is 134 Å². The molecule has 2 aliphatic carbocycles. The van der Waals surface area contributed by atoms with Gasteiger partial charge in [0.15, 0.2) is 0 Å². The monoisotopic (exact) mass is 384 g/mol. The minimum absolute atomic E-state index is 0.0722. The van der Waals surface area contributed by atoms with Gasteiger partial charge in [0.25, 0.3) is 0 Å². The van der Waals surface area contributed by atoms with Gasteiger partial charge in [-0.2, -0.15) is 0 Å². The zero-order valence-electron chi connectivity index (χ0n) is 12.3. The predicted molar refractivity (Wildman–Crippen MR) is 87.6 cm³/mol. The Hall–Kier alpha value is -0.580. The molecule has 20 heavy (non-hydrogen) atoms. The van der Waals surface area contributed by atoms with Crippen LogP contribution in [0.15, 0.2) is 24.3 Å². The average molecular weight is 384 g/mol. The van der Waals surface area contributed by atoms with Crippen molar-refractivity contribution in [2.24, 2.45) is 16.7 Å². The van der Waals surface area contributed by atoms with Gasteiger partial charge < -0.3 is 4.74 Å². The quantitative estimate of drug-likeness (QED) is 0.548. The molecular formula is C17H21IO2. The van der Waals surface area contributed by atoms with Crippen molar-refractivity contribution in [2.75, 3.05) is 0 Å². The Bertz CT molecular complexity index is 534. The van der Waals surface area contributed by atoms with E-state index in [1.807, 2.05) is 24.3 Å². The first-order valence-corrected chi connectivity index (χ1v) is 8.39. The first-order chi connectivity index (χ1) is 9.34. The van der Waals surface area contributed by atoms with Crippen molar-refractivity contribution < 1.29 is 9.53 Å². The highest BCUT2D eigenvalue weighted by atomic mass is 127. The fourth-order valence-corrected chi connectivity index (χ4v) is 4.45. The molecule has 2 aliphatic rings. The number of halogens is 1. The molecule has 0 radical (unpaired) electrons. The highest BCUT2D eigenvalue weighted by molar-refractivity contribution is 14.1. The number of rotatable bonds is 2. The third kappa shape index (κ3) is 2.00. The zero-order valence-corrected chi connectivity index (χ0v) is 14.4. The summed E-state index contributed by atoms with van der Waals surface area (Å²) < 4.78 is 7.00. The maximum Gasteiger partial charge on any atom is 0.338 e. The number of hydrogen-bond acceptors (Lipinski definition) is 2. The summed E-state index contributed by atoms with van der Waals surface area (Å²) in [5.41, 5.74) is 1.08. The fraction of sp³-hybridized carbons (Fsp3) is 0.588. The van der Waals surface area contributed by atoms with Gasteiger partial charge in [0.2, 0.25) is 0 Å². The number of fused-ring (bicyclic) bond motifs is 2. The van der Waals surface area contributed by atoms with E-state index >= 15 is 0 Å². The Morgan fingerprint density at radius 1 is 1.25 bits per heavy atom. The number of carbonyl (C=O) groups excluding carboxylic acids is 1. The van der Waals surface area contributed by atoms with Crippen LogP contribution in [0.3, 0.4) is 0 Å². The first-order valence-electron chi connectivity index (χ1n) is 7.31. The van der Waals surface area contributed by atoms with Crippen molar-refractivity contribution in [1.82, 2.24) is 0 Å². The van der Waals surface area contributed by atoms with Crippen LogP contribution in [0.2, 0.25) is 0 Å². The molecule has 108 valence electrons. The molecule has 3 heteroatoms. The molecule has 0 spiro atoms. The molecule has 0 aromatic heterocycles. The number of ether oxygens (including phenoxy) is 1. The van der Waals surface area contributed by atoms with E-state index in [0.29, 0.717) is 11.5 Å². The lowest BCUT2D eigenvalue weighted by Gasteiger charge is -2.38. The molecule has 1 aromatic carbocycles. The molecule has 3 unspecified atom stereocenters. The van der Waals surface area contributed by atoms with Crippen LogP contribution in [0, 0.1) is 20.3 Å². The van der Waals surface area contributed by atoms with E-state index < -0.39 is 0 Å². The second kappa shape index (κ2) is 4.72. The molecule has 1 aromatic rings. The molecule has 0 heterocycles. The van der Waals surface area contributed by atoms with Crippen LogP contribution < -0.4 is 0 Å². The molecule has 2 fully saturated rings. The second-order valence-electron chi connectivity index (χ2n) is 7.01. The number of carbonyl (C=O) groups is 1. The molecule has 0 aliphatic heterocycles. The molecule has 3 atom stereocenters. The second-order valence-corrected chi connectivity index (χ2v) is 8.26. The van der Waals surface area contributed by atoms with Gasteiger partial charge in [-0.25, -0.2) is 4.79 Å². The van der Waals surface area contributed by atoms with Crippen LogP contribution >= 0.6 is 22.6 Å². The third-order valence-electron chi connectivity index (χ3n) is 6.04. The maximum absolute atomic E-state index is 12.3. The summed E-state index contributed by atoms with van der Waals surface area (Å²) >= 11 is 2.24. The lowest BCUT2D eigenvalue weighted by atomic mass is 9.70. The summed E-state index contributed by atoms with van der Waals surface area (Å²) in [7, 11) is 0. The van der Waals surface area contributed by atoms with E-state index in [1.54, 1.807) is 0 Å². The molecule has 0 N–H and O–H groups in total. The smallest absolute Gasteiger partial charge is 0.338 e. The highest BCUT2D eigenvalue weighted by Crippen LogP contribution is 2.66. The molecule has 2 nitrogen and oxygen atoms in total. The van der Waals surface area contributed by atoms with Crippen molar-refractivity contribution >= 4 is 28.6 Å². The van der Waals surface area contributed by atoms with Crippen molar-refractivity contribution in [3.05, 3.63) is 33.4 Å². The van der Waals surface area contributed by atoms with Crippen LogP contribution in [0.1, 0.15) is 50.4 Å². The van der Waals surface area contributed by atoms with E-state index in [-0.39, 0.29) is 22.9 Å². The number of benzene rings is 1. The van der Waals surface area contributed by atoms with Crippen LogP contribution in [-0.4, -0.2) is 12.1 Å². The number of esters is 1. The van der Waals surface area contributed by atoms with Crippen LogP contribution in [0.5, 0.6) is 0 Å². The Morgan fingerprint density at radius 3 is 2.40 bits per heavy atom. The lowest BCUT2D eigenvalue weighted by molar-refractivity contribution is -0.0242. The average Bonchev–Trinajstić information content (AvgIpc) is 2.72. The molecule has 2 saturated carbocycles. The summed E-state index contributed by atoms with van der Waals surface area (Å²) in [5.74, 6) is 0.526. The molecule has 3 rings (SSSR count). The molecule has 0 saturated heterocycles. The Morgan fingerprint density at radius 2 is 1.90 bits per heavy atom. The van der Waals surface area contributed by atoms with E-state index in [0.717, 1.165) is 9.99 Å². The molecule has 0 amide bonds. The minimum Gasteiger partial charge on any atom is -0.458 e. The van der Waals surface area contributed by atoms with Gasteiger partial charge >= 0.3 is 5.97 Å². The van der Waals surface area contributed by atoms with Gasteiger partial charge in [-0.05, 0) is 77.5 Å². The van der Waals surface area contributed by atoms with Crippen LogP contribution in [0.25, 0.3) is 0 Å². The standard InChI is InChI=1S/C17H21IO2/c1-16(2)12-8-9-17(16,3)14(10-12)20-15(19)11-4-6-13(18)7-5-11/h4-7,12,14H,8-10H2,1-3H3. The van der Waals surface area contributed by atoms with Crippen LogP contribution in [0.4, 0.5) is 0 Å². The van der Waals surface area contributed by atoms with Crippen molar-refractivity contribution in [3.63, 3.8) is 0 Å². The summed E-state index contributed by atoms with van der Waals surface area (Å²) in [5, 5.41) is 0. The first kappa shape index (κ1) is 14.4. The molecular weight excluding hydrogens is 363 g/mol. The SMILES string of the molecule is CC1(C)C2CCC1(C)C(OC(=O)c1ccc(I)cc1)C2. The van der Waals surface area contributed by atoms with Crippen LogP contribution in [-0.2, 0) is 4.74 Å². The lowest BCUT2D eigenvalue weighted by Crippen LogP contribution is -2.38. The van der Waals surface area contributed by atoms with Gasteiger partial charge in [0.05, 0.1) is 5.56 Å². The van der Waals surface area contributed by atoms with E-state index in [1.165, 1.54) is 12.8 Å². The predicted octanol–water partition coefficient (Wildman–Crippen LogP) is 4.66. The molecule has 2 bridgehead atoms. The Kier molecular flexibility index (Phi) is 3.39. The summed E-state index contributed by atoms with van der Waals surface area (Å²) in [6.45, 7) is 6.97. The maximum atomic E-state index is 12.3.